The van der Waals surface area contributed by atoms with E-state index in [0.717, 1.165) is 6.07 Å². The molecule has 18 heavy (non-hydrogen) atoms. The normalized spacial score (nSPS) is 10.7. The van der Waals surface area contributed by atoms with Gasteiger partial charge in [-0.25, -0.2) is 13.2 Å². The fourth-order valence-electron chi connectivity index (χ4n) is 1.88. The van der Waals surface area contributed by atoms with Crippen LogP contribution >= 0.6 is 0 Å². The van der Waals surface area contributed by atoms with Crippen molar-refractivity contribution in [3.05, 3.63) is 59.4 Å². The standard InChI is InChI=1S/C14H12F3N/c15-10-5-4-9(6-7-18)12(8-10)11-2-1-3-13(16)14(11)17/h1-5,8H,6-7,18H2. The molecule has 0 heterocycles. The molecular formula is C14H12F3N. The summed E-state index contributed by atoms with van der Waals surface area (Å²) in [5, 5.41) is 0. The van der Waals surface area contributed by atoms with Gasteiger partial charge in [0.2, 0.25) is 0 Å². The lowest BCUT2D eigenvalue weighted by molar-refractivity contribution is 0.511. The fourth-order valence-corrected chi connectivity index (χ4v) is 1.88. The number of hydrogen-bond acceptors (Lipinski definition) is 1. The van der Waals surface area contributed by atoms with Crippen LogP contribution in [0.1, 0.15) is 5.56 Å². The maximum absolute atomic E-state index is 13.7. The van der Waals surface area contributed by atoms with Gasteiger partial charge in [-0.1, -0.05) is 18.2 Å². The van der Waals surface area contributed by atoms with Crippen LogP contribution in [-0.2, 0) is 6.42 Å². The van der Waals surface area contributed by atoms with Crippen LogP contribution in [0.4, 0.5) is 13.2 Å². The second-order valence-corrected chi connectivity index (χ2v) is 3.94. The van der Waals surface area contributed by atoms with Crippen molar-refractivity contribution >= 4 is 0 Å². The van der Waals surface area contributed by atoms with Crippen LogP contribution in [0.5, 0.6) is 0 Å². The van der Waals surface area contributed by atoms with Crippen molar-refractivity contribution in [2.24, 2.45) is 5.73 Å². The molecule has 2 rings (SSSR count). The Labute approximate surface area is 103 Å². The molecule has 0 saturated heterocycles. The van der Waals surface area contributed by atoms with Crippen LogP contribution in [0, 0.1) is 17.5 Å². The average Bonchev–Trinajstić information content (AvgIpc) is 2.35. The van der Waals surface area contributed by atoms with E-state index >= 15 is 0 Å². The van der Waals surface area contributed by atoms with Crippen molar-refractivity contribution in [3.8, 4) is 11.1 Å². The average molecular weight is 251 g/mol. The van der Waals surface area contributed by atoms with Gasteiger partial charge in [0.15, 0.2) is 11.6 Å². The molecule has 0 saturated carbocycles. The molecule has 2 N–H and O–H groups in total. The van der Waals surface area contributed by atoms with Gasteiger partial charge in [0.05, 0.1) is 0 Å². The number of hydrogen-bond donors (Lipinski definition) is 1. The Bertz CT molecular complexity index is 567. The van der Waals surface area contributed by atoms with Gasteiger partial charge in [0, 0.05) is 5.56 Å². The second kappa shape index (κ2) is 5.23. The Morgan fingerprint density at radius 3 is 2.44 bits per heavy atom. The van der Waals surface area contributed by atoms with Gasteiger partial charge >= 0.3 is 0 Å². The molecule has 0 aromatic heterocycles. The van der Waals surface area contributed by atoms with E-state index in [0.29, 0.717) is 24.1 Å². The topological polar surface area (TPSA) is 26.0 Å². The molecule has 0 aliphatic carbocycles. The van der Waals surface area contributed by atoms with Crippen LogP contribution in [0.3, 0.4) is 0 Å². The quantitative estimate of drug-likeness (QED) is 0.890. The first kappa shape index (κ1) is 12.6. The van der Waals surface area contributed by atoms with Crippen molar-refractivity contribution in [2.75, 3.05) is 6.54 Å². The Kier molecular flexibility index (Phi) is 3.67. The van der Waals surface area contributed by atoms with Gasteiger partial charge in [0.25, 0.3) is 0 Å². The van der Waals surface area contributed by atoms with E-state index in [1.54, 1.807) is 6.07 Å². The summed E-state index contributed by atoms with van der Waals surface area (Å²) in [7, 11) is 0. The Morgan fingerprint density at radius 2 is 1.72 bits per heavy atom. The number of nitrogens with two attached hydrogens (primary N) is 1. The molecule has 0 atom stereocenters. The minimum atomic E-state index is -0.971. The van der Waals surface area contributed by atoms with Crippen LogP contribution < -0.4 is 5.73 Å². The van der Waals surface area contributed by atoms with Gasteiger partial charge in [-0.05, 0) is 42.3 Å². The SMILES string of the molecule is NCCc1ccc(F)cc1-c1cccc(F)c1F. The molecule has 2 aromatic rings. The molecular weight excluding hydrogens is 239 g/mol. The fraction of sp³-hybridized carbons (Fsp3) is 0.143. The van der Waals surface area contributed by atoms with Crippen LogP contribution in [0.2, 0.25) is 0 Å². The molecule has 0 fully saturated rings. The third kappa shape index (κ3) is 2.38. The second-order valence-electron chi connectivity index (χ2n) is 3.94. The number of rotatable bonds is 3. The highest BCUT2D eigenvalue weighted by Gasteiger charge is 2.13. The highest BCUT2D eigenvalue weighted by molar-refractivity contribution is 5.68. The molecule has 94 valence electrons. The lowest BCUT2D eigenvalue weighted by Crippen LogP contribution is -2.05. The highest BCUT2D eigenvalue weighted by atomic mass is 19.2. The predicted octanol–water partition coefficient (Wildman–Crippen LogP) is 3.27. The summed E-state index contributed by atoms with van der Waals surface area (Å²) in [6, 6.07) is 7.87. The van der Waals surface area contributed by atoms with Gasteiger partial charge in [-0.2, -0.15) is 0 Å². The minimum Gasteiger partial charge on any atom is -0.330 e. The molecule has 2 aromatic carbocycles. The molecule has 4 heteroatoms. The van der Waals surface area contributed by atoms with E-state index in [1.807, 2.05) is 0 Å². The molecule has 0 amide bonds. The van der Waals surface area contributed by atoms with Crippen molar-refractivity contribution in [1.82, 2.24) is 0 Å². The first-order chi connectivity index (χ1) is 8.63. The van der Waals surface area contributed by atoms with E-state index in [-0.39, 0.29) is 5.56 Å². The van der Waals surface area contributed by atoms with Crippen LogP contribution in [-0.4, -0.2) is 6.54 Å². The van der Waals surface area contributed by atoms with Crippen molar-refractivity contribution in [2.45, 2.75) is 6.42 Å². The molecule has 0 aliphatic heterocycles. The van der Waals surface area contributed by atoms with Crippen LogP contribution in [0.15, 0.2) is 36.4 Å². The monoisotopic (exact) mass is 251 g/mol. The van der Waals surface area contributed by atoms with Gasteiger partial charge in [-0.15, -0.1) is 0 Å². The van der Waals surface area contributed by atoms with Gasteiger partial charge < -0.3 is 5.73 Å². The highest BCUT2D eigenvalue weighted by Crippen LogP contribution is 2.28. The Balaban J connectivity index is 2.61. The largest absolute Gasteiger partial charge is 0.330 e. The minimum absolute atomic E-state index is 0.0537. The summed E-state index contributed by atoms with van der Waals surface area (Å²) in [6.45, 7) is 0.357. The molecule has 0 aliphatic rings. The summed E-state index contributed by atoms with van der Waals surface area (Å²) >= 11 is 0. The molecule has 0 spiro atoms. The maximum Gasteiger partial charge on any atom is 0.166 e. The third-order valence-electron chi connectivity index (χ3n) is 2.73. The number of benzene rings is 2. The lowest BCUT2D eigenvalue weighted by Gasteiger charge is -2.10. The molecule has 0 unspecified atom stereocenters. The van der Waals surface area contributed by atoms with E-state index in [9.17, 15) is 13.2 Å². The predicted molar refractivity (Wildman–Crippen MR) is 64.5 cm³/mol. The summed E-state index contributed by atoms with van der Waals surface area (Å²) in [6.07, 6.45) is 0.478. The zero-order valence-corrected chi connectivity index (χ0v) is 9.59. The van der Waals surface area contributed by atoms with Crippen molar-refractivity contribution in [3.63, 3.8) is 0 Å². The summed E-state index contributed by atoms with van der Waals surface area (Å²) < 4.78 is 40.2. The first-order valence-corrected chi connectivity index (χ1v) is 5.56. The van der Waals surface area contributed by atoms with Crippen LogP contribution in [0.25, 0.3) is 11.1 Å². The van der Waals surface area contributed by atoms with Gasteiger partial charge in [0.1, 0.15) is 5.82 Å². The van der Waals surface area contributed by atoms with E-state index in [4.69, 9.17) is 5.73 Å². The Hall–Kier alpha value is -1.81. The zero-order chi connectivity index (χ0) is 13.1. The van der Waals surface area contributed by atoms with Crippen molar-refractivity contribution in [1.29, 1.82) is 0 Å². The summed E-state index contributed by atoms with van der Waals surface area (Å²) in [4.78, 5) is 0. The lowest BCUT2D eigenvalue weighted by atomic mass is 9.97. The maximum atomic E-state index is 13.7. The van der Waals surface area contributed by atoms with Crippen molar-refractivity contribution < 1.29 is 13.2 Å². The zero-order valence-electron chi connectivity index (χ0n) is 9.59. The van der Waals surface area contributed by atoms with E-state index in [2.05, 4.69) is 0 Å². The molecule has 0 radical (unpaired) electrons. The molecule has 0 bridgehead atoms. The Morgan fingerprint density at radius 1 is 0.944 bits per heavy atom. The van der Waals surface area contributed by atoms with E-state index in [1.165, 1.54) is 24.3 Å². The third-order valence-corrected chi connectivity index (χ3v) is 2.73. The summed E-state index contributed by atoms with van der Waals surface area (Å²) in [5.74, 6) is -2.41. The smallest absolute Gasteiger partial charge is 0.166 e. The number of halogens is 3. The first-order valence-electron chi connectivity index (χ1n) is 5.56. The summed E-state index contributed by atoms with van der Waals surface area (Å²) in [5.41, 5.74) is 6.55. The molecule has 1 nitrogen and oxygen atoms in total. The van der Waals surface area contributed by atoms with E-state index < -0.39 is 17.5 Å². The van der Waals surface area contributed by atoms with Gasteiger partial charge in [-0.3, -0.25) is 0 Å².